The van der Waals surface area contributed by atoms with E-state index in [4.69, 9.17) is 5.73 Å². The molecule has 0 saturated heterocycles. The van der Waals surface area contributed by atoms with E-state index in [1.54, 1.807) is 18.5 Å². The molecule has 0 spiro atoms. The van der Waals surface area contributed by atoms with Gasteiger partial charge in [-0.05, 0) is 18.5 Å². The number of thiophene rings is 1. The van der Waals surface area contributed by atoms with Crippen LogP contribution < -0.4 is 16.4 Å². The summed E-state index contributed by atoms with van der Waals surface area (Å²) in [5, 5.41) is 17.7. The van der Waals surface area contributed by atoms with Gasteiger partial charge in [0.1, 0.15) is 6.23 Å². The van der Waals surface area contributed by atoms with Crippen LogP contribution in [0.1, 0.15) is 42.0 Å². The molecule has 2 atom stereocenters. The Hall–Kier alpha value is -0.950. The van der Waals surface area contributed by atoms with Crippen LogP contribution in [0, 0.1) is 5.41 Å². The first-order valence-electron chi connectivity index (χ1n) is 6.22. The molecule has 1 amide bonds. The third-order valence-corrected chi connectivity index (χ3v) is 3.81. The number of rotatable bonds is 6. The van der Waals surface area contributed by atoms with Crippen LogP contribution in [0.25, 0.3) is 0 Å². The van der Waals surface area contributed by atoms with Crippen LogP contribution in [0.5, 0.6) is 0 Å². The Bertz CT molecular complexity index is 426. The molecular formula is C13H23N3O2S. The van der Waals surface area contributed by atoms with Crippen LogP contribution in [0.4, 0.5) is 0 Å². The van der Waals surface area contributed by atoms with Crippen molar-refractivity contribution in [3.05, 3.63) is 21.9 Å². The molecule has 0 saturated carbocycles. The quantitative estimate of drug-likeness (QED) is 0.589. The lowest BCUT2D eigenvalue weighted by Crippen LogP contribution is -2.43. The number of nitrogens with two attached hydrogens (primary N) is 1. The fourth-order valence-corrected chi connectivity index (χ4v) is 3.04. The summed E-state index contributed by atoms with van der Waals surface area (Å²) in [4.78, 5) is 12.2. The molecule has 5 nitrogen and oxygen atoms in total. The SMILES string of the molecule is CNCC(O)N[C@H](c1cc(C(N)=O)cs1)C(C)(C)C. The summed E-state index contributed by atoms with van der Waals surface area (Å²) in [5.74, 6) is -0.425. The second-order valence-corrected chi connectivity index (χ2v) is 6.58. The van der Waals surface area contributed by atoms with Crippen molar-refractivity contribution in [1.82, 2.24) is 10.6 Å². The average Bonchev–Trinajstić information content (AvgIpc) is 2.73. The van der Waals surface area contributed by atoms with Gasteiger partial charge in [0.15, 0.2) is 0 Å². The van der Waals surface area contributed by atoms with Crippen molar-refractivity contribution < 1.29 is 9.90 Å². The first-order chi connectivity index (χ1) is 8.75. The maximum Gasteiger partial charge on any atom is 0.249 e. The zero-order valence-electron chi connectivity index (χ0n) is 11.9. The summed E-state index contributed by atoms with van der Waals surface area (Å²) in [6.45, 7) is 6.71. The van der Waals surface area contributed by atoms with Crippen molar-refractivity contribution in [3.63, 3.8) is 0 Å². The minimum absolute atomic E-state index is 0.0473. The molecule has 0 aromatic carbocycles. The van der Waals surface area contributed by atoms with E-state index >= 15 is 0 Å². The fourth-order valence-electron chi connectivity index (χ4n) is 1.84. The van der Waals surface area contributed by atoms with Crippen LogP contribution >= 0.6 is 11.3 Å². The molecule has 0 fully saturated rings. The Morgan fingerprint density at radius 1 is 1.53 bits per heavy atom. The standard InChI is InChI=1S/C13H23N3O2S/c1-13(2,3)11(16-10(17)6-15-4)9-5-8(7-19-9)12(14)18/h5,7,10-11,15-17H,6H2,1-4H3,(H2,14,18)/t10?,11-/m1/s1. The number of carbonyl (C=O) groups excluding carboxylic acids is 1. The monoisotopic (exact) mass is 285 g/mol. The number of amides is 1. The highest BCUT2D eigenvalue weighted by Gasteiger charge is 2.29. The smallest absolute Gasteiger partial charge is 0.249 e. The van der Waals surface area contributed by atoms with Gasteiger partial charge in [-0.25, -0.2) is 0 Å². The second-order valence-electron chi connectivity index (χ2n) is 5.64. The fraction of sp³-hybridized carbons (Fsp3) is 0.615. The van der Waals surface area contributed by atoms with E-state index in [1.165, 1.54) is 11.3 Å². The average molecular weight is 285 g/mol. The molecule has 0 aliphatic heterocycles. The summed E-state index contributed by atoms with van der Waals surface area (Å²) in [6.07, 6.45) is -0.645. The molecule has 5 N–H and O–H groups in total. The molecule has 1 aromatic rings. The summed E-state index contributed by atoms with van der Waals surface area (Å²) < 4.78 is 0. The lowest BCUT2D eigenvalue weighted by Gasteiger charge is -2.33. The third kappa shape index (κ3) is 4.58. The van der Waals surface area contributed by atoms with Gasteiger partial charge in [-0.2, -0.15) is 0 Å². The number of aliphatic hydroxyl groups is 1. The van der Waals surface area contributed by atoms with Gasteiger partial charge < -0.3 is 16.2 Å². The minimum Gasteiger partial charge on any atom is -0.377 e. The summed E-state index contributed by atoms with van der Waals surface area (Å²) >= 11 is 1.48. The molecule has 19 heavy (non-hydrogen) atoms. The van der Waals surface area contributed by atoms with Crippen LogP contribution in [-0.4, -0.2) is 30.8 Å². The highest BCUT2D eigenvalue weighted by Crippen LogP contribution is 2.36. The molecule has 108 valence electrons. The van der Waals surface area contributed by atoms with Crippen LogP contribution in [0.3, 0.4) is 0 Å². The van der Waals surface area contributed by atoms with Crippen molar-refractivity contribution in [2.45, 2.75) is 33.0 Å². The maximum absolute atomic E-state index is 11.2. The molecule has 6 heteroatoms. The number of carbonyl (C=O) groups is 1. The van der Waals surface area contributed by atoms with Crippen molar-refractivity contribution in [2.24, 2.45) is 11.1 Å². The molecule has 0 bridgehead atoms. The first-order valence-corrected chi connectivity index (χ1v) is 7.10. The van der Waals surface area contributed by atoms with E-state index in [9.17, 15) is 9.90 Å². The molecule has 1 heterocycles. The number of aliphatic hydroxyl groups excluding tert-OH is 1. The highest BCUT2D eigenvalue weighted by atomic mass is 32.1. The number of primary amides is 1. The summed E-state index contributed by atoms with van der Waals surface area (Å²) in [6, 6.07) is 1.75. The van der Waals surface area contributed by atoms with E-state index in [-0.39, 0.29) is 11.5 Å². The predicted octanol–water partition coefficient (Wildman–Crippen LogP) is 1.06. The first kappa shape index (κ1) is 16.1. The normalized spacial score (nSPS) is 15.2. The van der Waals surface area contributed by atoms with Gasteiger partial charge in [0.25, 0.3) is 0 Å². The molecule has 1 rings (SSSR count). The van der Waals surface area contributed by atoms with Gasteiger partial charge in [-0.15, -0.1) is 11.3 Å². The van der Waals surface area contributed by atoms with Gasteiger partial charge >= 0.3 is 0 Å². The third-order valence-electron chi connectivity index (χ3n) is 2.81. The van der Waals surface area contributed by atoms with E-state index in [0.29, 0.717) is 12.1 Å². The van der Waals surface area contributed by atoms with Crippen LogP contribution in [-0.2, 0) is 0 Å². The topological polar surface area (TPSA) is 87.4 Å². The molecule has 0 aliphatic carbocycles. The molecule has 0 radical (unpaired) electrons. The second kappa shape index (κ2) is 6.47. The van der Waals surface area contributed by atoms with Crippen molar-refractivity contribution >= 4 is 17.2 Å². The maximum atomic E-state index is 11.2. The van der Waals surface area contributed by atoms with E-state index in [2.05, 4.69) is 31.4 Å². The van der Waals surface area contributed by atoms with Crippen molar-refractivity contribution in [3.8, 4) is 0 Å². The summed E-state index contributed by atoms with van der Waals surface area (Å²) in [7, 11) is 1.79. The predicted molar refractivity (Wildman–Crippen MR) is 78.1 cm³/mol. The largest absolute Gasteiger partial charge is 0.377 e. The Balaban J connectivity index is 2.93. The lowest BCUT2D eigenvalue weighted by molar-refractivity contribution is 0.0954. The van der Waals surface area contributed by atoms with Gasteiger partial charge in [-0.1, -0.05) is 20.8 Å². The molecule has 0 aliphatic rings. The number of likely N-dealkylation sites (N-methyl/N-ethyl adjacent to an activating group) is 1. The molecule has 1 unspecified atom stereocenters. The zero-order valence-corrected chi connectivity index (χ0v) is 12.7. The minimum atomic E-state index is -0.645. The Labute approximate surface area is 118 Å². The summed E-state index contributed by atoms with van der Waals surface area (Å²) in [5.41, 5.74) is 5.70. The lowest BCUT2D eigenvalue weighted by atomic mass is 9.85. The Morgan fingerprint density at radius 3 is 2.58 bits per heavy atom. The van der Waals surface area contributed by atoms with E-state index in [1.807, 2.05) is 0 Å². The van der Waals surface area contributed by atoms with Gasteiger partial charge in [0.2, 0.25) is 5.91 Å². The number of nitrogens with one attached hydrogen (secondary N) is 2. The van der Waals surface area contributed by atoms with E-state index in [0.717, 1.165) is 4.88 Å². The van der Waals surface area contributed by atoms with Crippen molar-refractivity contribution in [1.29, 1.82) is 0 Å². The molecular weight excluding hydrogens is 262 g/mol. The van der Waals surface area contributed by atoms with Crippen molar-refractivity contribution in [2.75, 3.05) is 13.6 Å². The van der Waals surface area contributed by atoms with Gasteiger partial charge in [0.05, 0.1) is 5.56 Å². The number of hydrogen-bond donors (Lipinski definition) is 4. The Kier molecular flexibility index (Phi) is 5.49. The zero-order chi connectivity index (χ0) is 14.6. The van der Waals surface area contributed by atoms with Crippen LogP contribution in [0.15, 0.2) is 11.4 Å². The molecule has 1 aromatic heterocycles. The van der Waals surface area contributed by atoms with Crippen LogP contribution in [0.2, 0.25) is 0 Å². The number of hydrogen-bond acceptors (Lipinski definition) is 5. The van der Waals surface area contributed by atoms with Gasteiger partial charge in [0, 0.05) is 22.8 Å². The van der Waals surface area contributed by atoms with Gasteiger partial charge in [-0.3, -0.25) is 10.1 Å². The Morgan fingerprint density at radius 2 is 2.16 bits per heavy atom. The highest BCUT2D eigenvalue weighted by molar-refractivity contribution is 7.10. The van der Waals surface area contributed by atoms with E-state index < -0.39 is 12.1 Å².